The van der Waals surface area contributed by atoms with Crippen molar-refractivity contribution in [2.45, 2.75) is 31.1 Å². The van der Waals surface area contributed by atoms with Gasteiger partial charge < -0.3 is 10.6 Å². The Labute approximate surface area is 204 Å². The summed E-state index contributed by atoms with van der Waals surface area (Å²) in [5, 5.41) is 7.20. The summed E-state index contributed by atoms with van der Waals surface area (Å²) < 4.78 is 27.7. The van der Waals surface area contributed by atoms with Crippen molar-refractivity contribution in [2.24, 2.45) is 0 Å². The van der Waals surface area contributed by atoms with Crippen molar-refractivity contribution in [3.63, 3.8) is 0 Å². The molecule has 32 heavy (non-hydrogen) atoms. The first-order chi connectivity index (χ1) is 15.2. The molecule has 0 saturated carbocycles. The highest BCUT2D eigenvalue weighted by molar-refractivity contribution is 7.92. The maximum atomic E-state index is 12.6. The molecule has 5 nitrogen and oxygen atoms in total. The van der Waals surface area contributed by atoms with Gasteiger partial charge in [0.2, 0.25) is 0 Å². The second kappa shape index (κ2) is 10.5. The lowest BCUT2D eigenvalue weighted by Crippen LogP contribution is -2.19. The Bertz CT molecular complexity index is 1200. The number of nitrogens with one attached hydrogen (secondary N) is 3. The molecule has 0 aliphatic rings. The quantitative estimate of drug-likeness (QED) is 0.297. The smallest absolute Gasteiger partial charge is 0.261 e. The molecule has 0 fully saturated rings. The van der Waals surface area contributed by atoms with Gasteiger partial charge in [-0.1, -0.05) is 49.2 Å². The second-order valence-corrected chi connectivity index (χ2v) is 10.2. The van der Waals surface area contributed by atoms with Gasteiger partial charge in [-0.2, -0.15) is 0 Å². The fourth-order valence-electron chi connectivity index (χ4n) is 2.92. The van der Waals surface area contributed by atoms with E-state index in [0.717, 1.165) is 12.1 Å². The van der Waals surface area contributed by atoms with Gasteiger partial charge in [0, 0.05) is 11.4 Å². The van der Waals surface area contributed by atoms with Crippen molar-refractivity contribution in [3.05, 3.63) is 82.3 Å². The average molecular weight is 508 g/mol. The molecule has 1 unspecified atom stereocenters. The van der Waals surface area contributed by atoms with Crippen LogP contribution in [-0.2, 0) is 10.0 Å². The standard InChI is InChI=1S/C23H23Cl2N3O2S2/c1-3-15(2)16-4-6-17(7-5-16)26-23(31)27-18-8-11-20(12-9-18)32(29,30)28-19-10-13-21(24)22(25)14-19/h4-15,28H,3H2,1-2H3,(H2,26,27,31). The summed E-state index contributed by atoms with van der Waals surface area (Å²) in [7, 11) is -3.78. The molecule has 3 N–H and O–H groups in total. The molecular formula is C23H23Cl2N3O2S2. The van der Waals surface area contributed by atoms with Gasteiger partial charge in [-0.15, -0.1) is 0 Å². The molecule has 0 amide bonds. The molecule has 3 aromatic carbocycles. The summed E-state index contributed by atoms with van der Waals surface area (Å²) in [5.41, 5.74) is 3.14. The largest absolute Gasteiger partial charge is 0.332 e. The number of thiocarbonyl (C=S) groups is 1. The molecule has 0 spiro atoms. The molecule has 0 aliphatic carbocycles. The fourth-order valence-corrected chi connectivity index (χ4v) is 4.50. The highest BCUT2D eigenvalue weighted by Gasteiger charge is 2.15. The van der Waals surface area contributed by atoms with Crippen molar-refractivity contribution in [1.29, 1.82) is 0 Å². The minimum Gasteiger partial charge on any atom is -0.332 e. The zero-order valence-corrected chi connectivity index (χ0v) is 20.7. The van der Waals surface area contributed by atoms with Crippen LogP contribution in [0, 0.1) is 0 Å². The molecule has 3 aromatic rings. The van der Waals surface area contributed by atoms with Gasteiger partial charge in [0.1, 0.15) is 0 Å². The van der Waals surface area contributed by atoms with E-state index < -0.39 is 10.0 Å². The highest BCUT2D eigenvalue weighted by Crippen LogP contribution is 2.27. The van der Waals surface area contributed by atoms with Crippen LogP contribution in [0.5, 0.6) is 0 Å². The third-order valence-electron chi connectivity index (χ3n) is 4.94. The molecule has 9 heteroatoms. The monoisotopic (exact) mass is 507 g/mol. The molecule has 0 aliphatic heterocycles. The summed E-state index contributed by atoms with van der Waals surface area (Å²) in [5.74, 6) is 0.509. The van der Waals surface area contributed by atoms with E-state index >= 15 is 0 Å². The van der Waals surface area contributed by atoms with Gasteiger partial charge in [0.05, 0.1) is 20.6 Å². The first kappa shape index (κ1) is 24.3. The lowest BCUT2D eigenvalue weighted by Gasteiger charge is -2.13. The summed E-state index contributed by atoms with van der Waals surface area (Å²) in [4.78, 5) is 0.105. The lowest BCUT2D eigenvalue weighted by molar-refractivity contribution is 0.601. The zero-order chi connectivity index (χ0) is 23.3. The fraction of sp³-hybridized carbons (Fsp3) is 0.174. The minimum absolute atomic E-state index is 0.105. The summed E-state index contributed by atoms with van der Waals surface area (Å²) in [6.07, 6.45) is 1.08. The zero-order valence-electron chi connectivity index (χ0n) is 17.5. The molecule has 3 rings (SSSR count). The van der Waals surface area contributed by atoms with Crippen molar-refractivity contribution in [1.82, 2.24) is 0 Å². The van der Waals surface area contributed by atoms with Crippen molar-refractivity contribution < 1.29 is 8.42 Å². The Morgan fingerprint density at radius 1 is 0.875 bits per heavy atom. The Morgan fingerprint density at radius 2 is 1.41 bits per heavy atom. The molecule has 0 saturated heterocycles. The number of halogens is 2. The second-order valence-electron chi connectivity index (χ2n) is 7.27. The number of hydrogen-bond donors (Lipinski definition) is 3. The van der Waals surface area contributed by atoms with E-state index in [0.29, 0.717) is 27.4 Å². The number of sulfonamides is 1. The summed E-state index contributed by atoms with van der Waals surface area (Å²) in [6, 6.07) is 18.9. The van der Waals surface area contributed by atoms with Gasteiger partial charge in [0.15, 0.2) is 5.11 Å². The Morgan fingerprint density at radius 3 is 1.94 bits per heavy atom. The minimum atomic E-state index is -3.78. The summed E-state index contributed by atoms with van der Waals surface area (Å²) >= 11 is 17.2. The van der Waals surface area contributed by atoms with E-state index in [2.05, 4.69) is 41.3 Å². The third-order valence-corrected chi connectivity index (χ3v) is 7.28. The van der Waals surface area contributed by atoms with Gasteiger partial charge in [0.25, 0.3) is 10.0 Å². The van der Waals surface area contributed by atoms with E-state index in [1.165, 1.54) is 29.8 Å². The molecule has 168 valence electrons. The molecular weight excluding hydrogens is 485 g/mol. The predicted octanol–water partition coefficient (Wildman–Crippen LogP) is 7.12. The van der Waals surface area contributed by atoms with Crippen LogP contribution in [0.3, 0.4) is 0 Å². The van der Waals surface area contributed by atoms with Crippen LogP contribution in [0.15, 0.2) is 71.6 Å². The maximum Gasteiger partial charge on any atom is 0.261 e. The topological polar surface area (TPSA) is 70.2 Å². The van der Waals surface area contributed by atoms with Crippen molar-refractivity contribution >= 4 is 67.6 Å². The van der Waals surface area contributed by atoms with Crippen LogP contribution < -0.4 is 15.4 Å². The van der Waals surface area contributed by atoms with Gasteiger partial charge >= 0.3 is 0 Å². The summed E-state index contributed by atoms with van der Waals surface area (Å²) in [6.45, 7) is 4.36. The maximum absolute atomic E-state index is 12.6. The average Bonchev–Trinajstić information content (AvgIpc) is 2.76. The Balaban J connectivity index is 1.62. The number of anilines is 3. The van der Waals surface area contributed by atoms with E-state index in [-0.39, 0.29) is 9.92 Å². The predicted molar refractivity (Wildman–Crippen MR) is 139 cm³/mol. The van der Waals surface area contributed by atoms with E-state index in [4.69, 9.17) is 35.4 Å². The number of benzene rings is 3. The van der Waals surface area contributed by atoms with Crippen molar-refractivity contribution in [3.8, 4) is 0 Å². The normalized spacial score (nSPS) is 12.1. The van der Waals surface area contributed by atoms with Gasteiger partial charge in [-0.25, -0.2) is 8.42 Å². The van der Waals surface area contributed by atoms with E-state index in [1.54, 1.807) is 18.2 Å². The SMILES string of the molecule is CCC(C)c1ccc(NC(=S)Nc2ccc(S(=O)(=O)Nc3ccc(Cl)c(Cl)c3)cc2)cc1. The molecule has 0 aromatic heterocycles. The molecule has 0 radical (unpaired) electrons. The number of hydrogen-bond acceptors (Lipinski definition) is 3. The molecule has 0 bridgehead atoms. The van der Waals surface area contributed by atoms with Crippen LogP contribution in [0.1, 0.15) is 31.7 Å². The Hall–Kier alpha value is -2.32. The van der Waals surface area contributed by atoms with Crippen LogP contribution in [-0.4, -0.2) is 13.5 Å². The first-order valence-corrected chi connectivity index (χ1v) is 12.6. The highest BCUT2D eigenvalue weighted by atomic mass is 35.5. The lowest BCUT2D eigenvalue weighted by atomic mass is 9.99. The van der Waals surface area contributed by atoms with Gasteiger partial charge in [-0.3, -0.25) is 4.72 Å². The van der Waals surface area contributed by atoms with E-state index in [1.807, 2.05) is 12.1 Å². The van der Waals surface area contributed by atoms with Crippen molar-refractivity contribution in [2.75, 3.05) is 15.4 Å². The van der Waals surface area contributed by atoms with Crippen LogP contribution in [0.4, 0.5) is 17.1 Å². The first-order valence-electron chi connectivity index (χ1n) is 9.94. The van der Waals surface area contributed by atoms with Crippen LogP contribution in [0.2, 0.25) is 10.0 Å². The molecule has 1 atom stereocenters. The number of rotatable bonds is 7. The van der Waals surface area contributed by atoms with Gasteiger partial charge in [-0.05, 0) is 84.7 Å². The van der Waals surface area contributed by atoms with Crippen LogP contribution >= 0.6 is 35.4 Å². The Kier molecular flexibility index (Phi) is 8.00. The third kappa shape index (κ3) is 6.36. The molecule has 0 heterocycles. The van der Waals surface area contributed by atoms with E-state index in [9.17, 15) is 8.42 Å². The van der Waals surface area contributed by atoms with Crippen LogP contribution in [0.25, 0.3) is 0 Å².